The molecule has 1 aromatic heterocycles. The average molecular weight is 605 g/mol. The van der Waals surface area contributed by atoms with Crippen LogP contribution in [0.4, 0.5) is 5.69 Å². The monoisotopic (exact) mass is 604 g/mol. The van der Waals surface area contributed by atoms with Crippen molar-refractivity contribution in [3.05, 3.63) is 89.7 Å². The first-order chi connectivity index (χ1) is 20.6. The normalized spacial score (nSPS) is 11.6. The number of nitrogen functional groups attached to an aromatic ring is 1. The number of ether oxygens (including phenoxy) is 1. The Morgan fingerprint density at radius 1 is 1.00 bits per heavy atom. The van der Waals surface area contributed by atoms with E-state index in [0.717, 1.165) is 23.4 Å². The largest absolute Gasteiger partial charge is 0.466 e. The Balaban J connectivity index is 1.72. The number of carbonyl (C=O) groups is 1. The van der Waals surface area contributed by atoms with E-state index in [4.69, 9.17) is 20.9 Å². The van der Waals surface area contributed by atoms with Crippen molar-refractivity contribution in [3.63, 3.8) is 0 Å². The lowest BCUT2D eigenvalue weighted by molar-refractivity contribution is -0.143. The van der Waals surface area contributed by atoms with Gasteiger partial charge in [-0.05, 0) is 76.3 Å². The molecule has 0 aliphatic rings. The number of aromatic nitrogens is 2. The topological polar surface area (TPSA) is 135 Å². The molecule has 43 heavy (non-hydrogen) atoms. The van der Waals surface area contributed by atoms with Crippen LogP contribution in [-0.2, 0) is 32.5 Å². The molecule has 4 rings (SSSR count). The van der Waals surface area contributed by atoms with Gasteiger partial charge in [-0.15, -0.1) is 0 Å². The number of hydrogen-bond acceptors (Lipinski definition) is 7. The maximum atomic E-state index is 13.8. The van der Waals surface area contributed by atoms with Gasteiger partial charge in [-0.3, -0.25) is 14.5 Å². The number of amidine groups is 1. The number of benzene rings is 3. The van der Waals surface area contributed by atoms with Crippen LogP contribution in [0, 0.1) is 5.41 Å². The number of hydrogen-bond donors (Lipinski definition) is 2. The Labute approximate surface area is 253 Å². The van der Waals surface area contributed by atoms with Crippen LogP contribution in [0.25, 0.3) is 11.0 Å². The van der Waals surface area contributed by atoms with Gasteiger partial charge in [-0.1, -0.05) is 42.5 Å². The number of esters is 1. The third-order valence-corrected chi connectivity index (χ3v) is 8.93. The van der Waals surface area contributed by atoms with Gasteiger partial charge >= 0.3 is 5.97 Å². The van der Waals surface area contributed by atoms with Crippen LogP contribution in [0.15, 0.2) is 77.7 Å². The van der Waals surface area contributed by atoms with Crippen molar-refractivity contribution < 1.29 is 17.9 Å². The van der Waals surface area contributed by atoms with Crippen LogP contribution in [0.2, 0.25) is 0 Å². The number of sulfonamides is 1. The van der Waals surface area contributed by atoms with Crippen LogP contribution in [-0.4, -0.2) is 68.5 Å². The minimum absolute atomic E-state index is 0.00544. The summed E-state index contributed by atoms with van der Waals surface area (Å²) in [6.45, 7) is 3.73. The summed E-state index contributed by atoms with van der Waals surface area (Å²) in [5.74, 6) is 0.553. The Bertz CT molecular complexity index is 1650. The number of rotatable bonds is 15. The molecule has 0 saturated heterocycles. The van der Waals surface area contributed by atoms with Crippen molar-refractivity contribution in [2.24, 2.45) is 5.73 Å². The van der Waals surface area contributed by atoms with E-state index in [0.29, 0.717) is 55.7 Å². The fourth-order valence-corrected chi connectivity index (χ4v) is 6.46. The summed E-state index contributed by atoms with van der Waals surface area (Å²) in [4.78, 5) is 19.2. The molecule has 3 aromatic carbocycles. The molecular formula is C32H40N6O4S. The lowest BCUT2D eigenvalue weighted by Gasteiger charge is -2.25. The minimum atomic E-state index is -3.81. The predicted octanol–water partition coefficient (Wildman–Crippen LogP) is 4.40. The summed E-state index contributed by atoms with van der Waals surface area (Å²) in [5, 5.41) is 7.67. The second-order valence-corrected chi connectivity index (χ2v) is 12.5. The third kappa shape index (κ3) is 7.99. The lowest BCUT2D eigenvalue weighted by Crippen LogP contribution is -2.33. The number of nitrogens with zero attached hydrogens (tertiary/aromatic N) is 4. The van der Waals surface area contributed by atoms with Gasteiger partial charge in [0.1, 0.15) is 11.7 Å². The van der Waals surface area contributed by atoms with Crippen LogP contribution < -0.4 is 10.0 Å². The van der Waals surface area contributed by atoms with Gasteiger partial charge in [0.15, 0.2) is 0 Å². The molecule has 11 heteroatoms. The maximum absolute atomic E-state index is 13.8. The standard InChI is InChI=1S/C32H40N6O4S/c1-4-42-31(39)12-8-20-37-29-18-17-26(23-28(29)35-30(37)22-24-13-15-25(16-14-24)32(33)34)38(21-9-19-36(2)3)43(40,41)27-10-6-5-7-11-27/h5-7,10-11,13-18,23H,4,8-9,12,19-22H2,1-3H3,(H3,33,34). The number of fused-ring (bicyclic) bond motifs is 1. The first-order valence-electron chi connectivity index (χ1n) is 14.4. The molecule has 0 atom stereocenters. The number of imidazole rings is 1. The van der Waals surface area contributed by atoms with Gasteiger partial charge in [-0.25, -0.2) is 13.4 Å². The summed E-state index contributed by atoms with van der Waals surface area (Å²) in [7, 11) is 0.117. The zero-order valence-electron chi connectivity index (χ0n) is 25.0. The van der Waals surface area contributed by atoms with Crippen molar-refractivity contribution in [3.8, 4) is 0 Å². The highest BCUT2D eigenvalue weighted by molar-refractivity contribution is 7.92. The molecule has 0 fully saturated rings. The van der Waals surface area contributed by atoms with E-state index < -0.39 is 10.0 Å². The quantitative estimate of drug-likeness (QED) is 0.117. The van der Waals surface area contributed by atoms with Gasteiger partial charge in [0.25, 0.3) is 10.0 Å². The van der Waals surface area contributed by atoms with Crippen molar-refractivity contribution in [1.29, 1.82) is 5.41 Å². The summed E-state index contributed by atoms with van der Waals surface area (Å²) in [6.07, 6.45) is 2.02. The smallest absolute Gasteiger partial charge is 0.305 e. The van der Waals surface area contributed by atoms with Crippen molar-refractivity contribution >= 4 is 38.5 Å². The van der Waals surface area contributed by atoms with Crippen LogP contribution >= 0.6 is 0 Å². The Morgan fingerprint density at radius 3 is 2.37 bits per heavy atom. The van der Waals surface area contributed by atoms with E-state index in [-0.39, 0.29) is 23.1 Å². The molecule has 0 spiro atoms. The Kier molecular flexibility index (Phi) is 10.5. The highest BCUT2D eigenvalue weighted by Gasteiger charge is 2.25. The molecule has 0 bridgehead atoms. The highest BCUT2D eigenvalue weighted by Crippen LogP contribution is 2.29. The Morgan fingerprint density at radius 2 is 1.72 bits per heavy atom. The zero-order chi connectivity index (χ0) is 31.0. The summed E-state index contributed by atoms with van der Waals surface area (Å²) in [6, 6.07) is 21.5. The molecule has 0 aliphatic heterocycles. The number of nitrogens with two attached hydrogens (primary N) is 1. The van der Waals surface area contributed by atoms with Crippen molar-refractivity contribution in [2.75, 3.05) is 38.1 Å². The summed E-state index contributed by atoms with van der Waals surface area (Å²) < 4.78 is 36.3. The van der Waals surface area contributed by atoms with Crippen LogP contribution in [0.3, 0.4) is 0 Å². The molecule has 228 valence electrons. The number of aryl methyl sites for hydroxylation is 1. The fourth-order valence-electron chi connectivity index (χ4n) is 4.95. The molecule has 10 nitrogen and oxygen atoms in total. The lowest BCUT2D eigenvalue weighted by atomic mass is 10.1. The van der Waals surface area contributed by atoms with Gasteiger partial charge in [0, 0.05) is 31.5 Å². The molecule has 4 aromatic rings. The van der Waals surface area contributed by atoms with Gasteiger partial charge < -0.3 is 19.9 Å². The maximum Gasteiger partial charge on any atom is 0.305 e. The predicted molar refractivity (Wildman–Crippen MR) is 170 cm³/mol. The number of anilines is 1. The van der Waals surface area contributed by atoms with E-state index >= 15 is 0 Å². The molecule has 0 saturated carbocycles. The third-order valence-electron chi connectivity index (χ3n) is 7.09. The SMILES string of the molecule is CCOC(=O)CCCn1c(Cc2ccc(C(=N)N)cc2)nc2cc(N(CCCN(C)C)S(=O)(=O)c3ccccc3)ccc21. The van der Waals surface area contributed by atoms with E-state index in [2.05, 4.69) is 4.57 Å². The summed E-state index contributed by atoms with van der Waals surface area (Å²) in [5.41, 5.74) is 9.33. The van der Waals surface area contributed by atoms with E-state index in [1.165, 1.54) is 4.31 Å². The molecule has 0 unspecified atom stereocenters. The highest BCUT2D eigenvalue weighted by atomic mass is 32.2. The van der Waals surface area contributed by atoms with Gasteiger partial charge in [0.2, 0.25) is 0 Å². The Hall–Kier alpha value is -4.22. The molecule has 0 amide bonds. The molecule has 0 aliphatic carbocycles. The van der Waals surface area contributed by atoms with Gasteiger partial charge in [0.05, 0.1) is 28.2 Å². The number of nitrogens with one attached hydrogen (secondary N) is 1. The first-order valence-corrected chi connectivity index (χ1v) is 15.8. The fraction of sp³-hybridized carbons (Fsp3) is 0.344. The molecule has 3 N–H and O–H groups in total. The summed E-state index contributed by atoms with van der Waals surface area (Å²) >= 11 is 0. The second-order valence-electron chi connectivity index (χ2n) is 10.6. The van der Waals surface area contributed by atoms with E-state index in [1.807, 2.05) is 61.5 Å². The van der Waals surface area contributed by atoms with Gasteiger partial charge in [-0.2, -0.15) is 0 Å². The molecule has 1 heterocycles. The minimum Gasteiger partial charge on any atom is -0.466 e. The average Bonchev–Trinajstić information content (AvgIpc) is 3.31. The number of carbonyl (C=O) groups excluding carboxylic acids is 1. The van der Waals surface area contributed by atoms with E-state index in [9.17, 15) is 13.2 Å². The zero-order valence-corrected chi connectivity index (χ0v) is 25.8. The van der Waals surface area contributed by atoms with E-state index in [1.54, 1.807) is 37.3 Å². The van der Waals surface area contributed by atoms with Crippen LogP contribution in [0.1, 0.15) is 43.1 Å². The molecule has 0 radical (unpaired) electrons. The second kappa shape index (κ2) is 14.3. The van der Waals surface area contributed by atoms with Crippen LogP contribution in [0.5, 0.6) is 0 Å². The first kappa shape index (κ1) is 31.7. The van der Waals surface area contributed by atoms with Crippen molar-refractivity contribution in [2.45, 2.75) is 44.0 Å². The van der Waals surface area contributed by atoms with Crippen molar-refractivity contribution in [1.82, 2.24) is 14.5 Å². The molecular weight excluding hydrogens is 564 g/mol.